The summed E-state index contributed by atoms with van der Waals surface area (Å²) < 4.78 is 2.05. The number of fused-ring (bicyclic) bond motifs is 1. The lowest BCUT2D eigenvalue weighted by molar-refractivity contribution is -0.384. The number of hydrogen-bond acceptors (Lipinski definition) is 6. The third-order valence-corrected chi connectivity index (χ3v) is 5.73. The number of non-ortho nitro benzene ring substituents is 1. The van der Waals surface area contributed by atoms with Crippen LogP contribution in [0.15, 0.2) is 42.5 Å². The number of halogens is 1. The van der Waals surface area contributed by atoms with Crippen LogP contribution in [-0.2, 0) is 19.5 Å². The van der Waals surface area contributed by atoms with Crippen molar-refractivity contribution in [3.63, 3.8) is 0 Å². The first kappa shape index (κ1) is 22.4. The van der Waals surface area contributed by atoms with E-state index in [2.05, 4.69) is 25.4 Å². The average Bonchev–Trinajstić information content (AvgIpc) is 3.03. The van der Waals surface area contributed by atoms with Gasteiger partial charge in [-0.25, -0.2) is 0 Å². The number of carbonyl (C=O) groups is 2. The molecule has 11 heteroatoms. The molecule has 0 bridgehead atoms. The van der Waals surface area contributed by atoms with Gasteiger partial charge in [-0.2, -0.15) is 0 Å². The molecule has 3 aromatic rings. The summed E-state index contributed by atoms with van der Waals surface area (Å²) in [7, 11) is 0. The van der Waals surface area contributed by atoms with Gasteiger partial charge >= 0.3 is 0 Å². The van der Waals surface area contributed by atoms with Crippen LogP contribution < -0.4 is 10.6 Å². The van der Waals surface area contributed by atoms with Crippen molar-refractivity contribution in [2.24, 2.45) is 0 Å². The largest absolute Gasteiger partial charge is 0.345 e. The van der Waals surface area contributed by atoms with Gasteiger partial charge in [-0.3, -0.25) is 19.7 Å². The van der Waals surface area contributed by atoms with E-state index < -0.39 is 10.8 Å². The number of nitrogens with one attached hydrogen (secondary N) is 2. The molecule has 0 aliphatic carbocycles. The van der Waals surface area contributed by atoms with Crippen molar-refractivity contribution in [1.82, 2.24) is 20.1 Å². The normalized spacial score (nSPS) is 13.0. The lowest BCUT2D eigenvalue weighted by atomic mass is 10.1. The van der Waals surface area contributed by atoms with Gasteiger partial charge in [0.1, 0.15) is 5.82 Å². The Morgan fingerprint density at radius 2 is 1.88 bits per heavy atom. The van der Waals surface area contributed by atoms with E-state index in [1.54, 1.807) is 24.3 Å². The van der Waals surface area contributed by atoms with Gasteiger partial charge in [0.05, 0.1) is 33.3 Å². The molecule has 2 aromatic carbocycles. The van der Waals surface area contributed by atoms with E-state index in [0.717, 1.165) is 44.1 Å². The van der Waals surface area contributed by atoms with Crippen LogP contribution in [0.25, 0.3) is 0 Å². The highest BCUT2D eigenvalue weighted by atomic mass is 35.5. The van der Waals surface area contributed by atoms with Crippen LogP contribution in [0.2, 0.25) is 5.02 Å². The minimum atomic E-state index is -0.596. The third-order valence-electron chi connectivity index (χ3n) is 5.42. The molecule has 170 valence electrons. The summed E-state index contributed by atoms with van der Waals surface area (Å²) in [6.45, 7) is 1.04. The fourth-order valence-corrected chi connectivity index (χ4v) is 3.97. The lowest BCUT2D eigenvalue weighted by Crippen LogP contribution is -2.26. The maximum absolute atomic E-state index is 12.9. The first-order valence-corrected chi connectivity index (χ1v) is 10.9. The lowest BCUT2D eigenvalue weighted by Gasteiger charge is -2.12. The van der Waals surface area contributed by atoms with Crippen LogP contribution in [0.5, 0.6) is 0 Å². The van der Waals surface area contributed by atoms with E-state index in [9.17, 15) is 19.7 Å². The summed E-state index contributed by atoms with van der Waals surface area (Å²) in [6, 6.07) is 10.1. The van der Waals surface area contributed by atoms with Gasteiger partial charge in [0, 0.05) is 25.1 Å². The Bertz CT molecular complexity index is 1230. The van der Waals surface area contributed by atoms with E-state index in [0.29, 0.717) is 5.82 Å². The van der Waals surface area contributed by atoms with Gasteiger partial charge in [-0.15, -0.1) is 10.2 Å². The second-order valence-electron chi connectivity index (χ2n) is 7.60. The topological polar surface area (TPSA) is 132 Å². The summed E-state index contributed by atoms with van der Waals surface area (Å²) in [5, 5.41) is 24.8. The molecular formula is C22H21ClN6O4. The summed E-state index contributed by atoms with van der Waals surface area (Å²) in [6.07, 6.45) is 4.14. The maximum atomic E-state index is 12.9. The molecule has 1 aromatic heterocycles. The number of amides is 2. The van der Waals surface area contributed by atoms with Crippen LogP contribution in [0.4, 0.5) is 11.4 Å². The number of anilines is 1. The Hall–Kier alpha value is -3.79. The minimum absolute atomic E-state index is 0.0589. The molecule has 0 saturated carbocycles. The molecule has 0 atom stereocenters. The number of benzene rings is 2. The van der Waals surface area contributed by atoms with E-state index in [4.69, 9.17) is 11.6 Å². The highest BCUT2D eigenvalue weighted by Crippen LogP contribution is 2.24. The van der Waals surface area contributed by atoms with E-state index in [1.165, 1.54) is 12.1 Å². The minimum Gasteiger partial charge on any atom is -0.345 e. The summed E-state index contributed by atoms with van der Waals surface area (Å²) >= 11 is 6.05. The van der Waals surface area contributed by atoms with Gasteiger partial charge in [0.25, 0.3) is 17.5 Å². The number of para-hydroxylation sites is 1. The first-order valence-electron chi connectivity index (χ1n) is 10.5. The monoisotopic (exact) mass is 468 g/mol. The fourth-order valence-electron chi connectivity index (χ4n) is 3.71. The van der Waals surface area contributed by atoms with Gasteiger partial charge in [0.2, 0.25) is 0 Å². The number of nitrogens with zero attached hydrogens (tertiary/aromatic N) is 4. The Kier molecular flexibility index (Phi) is 6.64. The fraction of sp³-hybridized carbons (Fsp3) is 0.273. The zero-order chi connectivity index (χ0) is 23.4. The molecule has 0 fully saturated rings. The van der Waals surface area contributed by atoms with Crippen molar-refractivity contribution in [3.05, 3.63) is 80.4 Å². The molecule has 0 radical (unpaired) electrons. The van der Waals surface area contributed by atoms with Crippen LogP contribution in [0.1, 0.15) is 51.6 Å². The molecule has 2 N–H and O–H groups in total. The SMILES string of the molecule is O=C(Nc1ccccc1C(=O)NCc1nnc2n1CCCCC2)c1ccc([N+](=O)[O-])cc1Cl. The Morgan fingerprint density at radius 1 is 1.06 bits per heavy atom. The van der Waals surface area contributed by atoms with E-state index in [1.807, 2.05) is 0 Å². The Labute approximate surface area is 194 Å². The molecule has 0 spiro atoms. The second-order valence-corrected chi connectivity index (χ2v) is 8.01. The van der Waals surface area contributed by atoms with Crippen molar-refractivity contribution < 1.29 is 14.5 Å². The van der Waals surface area contributed by atoms with Gasteiger partial charge in [-0.05, 0) is 31.0 Å². The van der Waals surface area contributed by atoms with E-state index in [-0.39, 0.29) is 40.0 Å². The molecule has 2 amide bonds. The summed E-state index contributed by atoms with van der Waals surface area (Å²) in [5.74, 6) is 0.661. The van der Waals surface area contributed by atoms with Crippen LogP contribution in [0, 0.1) is 10.1 Å². The molecule has 2 heterocycles. The molecule has 4 rings (SSSR count). The van der Waals surface area contributed by atoms with E-state index >= 15 is 0 Å². The third kappa shape index (κ3) is 5.01. The smallest absolute Gasteiger partial charge is 0.270 e. The summed E-state index contributed by atoms with van der Waals surface area (Å²) in [4.78, 5) is 35.9. The number of rotatable bonds is 6. The van der Waals surface area contributed by atoms with Gasteiger partial charge < -0.3 is 15.2 Å². The Balaban J connectivity index is 1.47. The zero-order valence-electron chi connectivity index (χ0n) is 17.6. The molecular weight excluding hydrogens is 448 g/mol. The Morgan fingerprint density at radius 3 is 2.67 bits per heavy atom. The van der Waals surface area contributed by atoms with Crippen LogP contribution in [0.3, 0.4) is 0 Å². The zero-order valence-corrected chi connectivity index (χ0v) is 18.3. The molecule has 0 unspecified atom stereocenters. The van der Waals surface area contributed by atoms with Crippen molar-refractivity contribution in [3.8, 4) is 0 Å². The standard InChI is InChI=1S/C22H21ClN6O4/c23-17-12-14(29(32)33)9-10-15(17)22(31)25-18-7-4-3-6-16(18)21(30)24-13-20-27-26-19-8-2-1-5-11-28(19)20/h3-4,6-7,9-10,12H,1-2,5,8,11,13H2,(H,24,30)(H,25,31). The molecule has 0 saturated heterocycles. The number of carbonyl (C=O) groups excluding carboxylic acids is 2. The highest BCUT2D eigenvalue weighted by Gasteiger charge is 2.19. The molecule has 33 heavy (non-hydrogen) atoms. The predicted octanol–water partition coefficient (Wildman–Crippen LogP) is 3.75. The highest BCUT2D eigenvalue weighted by molar-refractivity contribution is 6.34. The van der Waals surface area contributed by atoms with Crippen LogP contribution >= 0.6 is 11.6 Å². The van der Waals surface area contributed by atoms with Crippen molar-refractivity contribution in [2.75, 3.05) is 5.32 Å². The number of nitro groups is 1. The molecule has 1 aliphatic rings. The molecule has 10 nitrogen and oxygen atoms in total. The number of aryl methyl sites for hydroxylation is 1. The maximum Gasteiger partial charge on any atom is 0.270 e. The van der Waals surface area contributed by atoms with Crippen LogP contribution in [-0.4, -0.2) is 31.5 Å². The number of aromatic nitrogens is 3. The molecule has 1 aliphatic heterocycles. The quantitative estimate of drug-likeness (QED) is 0.418. The number of nitro benzene ring substituents is 1. The van der Waals surface area contributed by atoms with Crippen molar-refractivity contribution in [2.45, 2.75) is 38.8 Å². The second kappa shape index (κ2) is 9.78. The van der Waals surface area contributed by atoms with Gasteiger partial charge in [0.15, 0.2) is 5.82 Å². The summed E-state index contributed by atoms with van der Waals surface area (Å²) in [5.41, 5.74) is 0.389. The van der Waals surface area contributed by atoms with Crippen molar-refractivity contribution in [1.29, 1.82) is 0 Å². The first-order chi connectivity index (χ1) is 15.9. The average molecular weight is 469 g/mol. The number of hydrogen-bond donors (Lipinski definition) is 2. The predicted molar refractivity (Wildman–Crippen MR) is 121 cm³/mol. The van der Waals surface area contributed by atoms with Crippen molar-refractivity contribution >= 4 is 34.8 Å². The van der Waals surface area contributed by atoms with Gasteiger partial charge in [-0.1, -0.05) is 30.2 Å².